The number of nitrogens with two attached hydrogens (primary N) is 1. The lowest BCUT2D eigenvalue weighted by atomic mass is 10.0. The largest absolute Gasteiger partial charge is 0.507 e. The summed E-state index contributed by atoms with van der Waals surface area (Å²) in [6, 6.07) is 14.2. The Morgan fingerprint density at radius 1 is 0.578 bits per heavy atom. The van der Waals surface area contributed by atoms with Crippen LogP contribution in [0, 0.1) is 3.57 Å². The van der Waals surface area contributed by atoms with E-state index in [2.05, 4.69) is 51.7 Å². The number of rotatable bonds is 37. The fourth-order valence-electron chi connectivity index (χ4n) is 8.95. The van der Waals surface area contributed by atoms with Crippen molar-refractivity contribution in [1.82, 2.24) is 47.5 Å². The zero-order valence-corrected chi connectivity index (χ0v) is 53.1. The predicted molar refractivity (Wildman–Crippen MR) is 340 cm³/mol. The van der Waals surface area contributed by atoms with Crippen LogP contribution in [0.2, 0.25) is 0 Å². The summed E-state index contributed by atoms with van der Waals surface area (Å²) < 4.78 is 36.9. The second kappa shape index (κ2) is 35.7. The lowest BCUT2D eigenvalue weighted by Gasteiger charge is -2.26. The van der Waals surface area contributed by atoms with Crippen LogP contribution in [0.25, 0.3) is 10.9 Å². The Balaban J connectivity index is 1.35. The molecular formula is C58H69IN10O18S3. The van der Waals surface area contributed by atoms with E-state index >= 15 is 0 Å². The van der Waals surface area contributed by atoms with E-state index in [1.54, 1.807) is 85.4 Å². The molecule has 0 saturated carbocycles. The summed E-state index contributed by atoms with van der Waals surface area (Å²) in [6.07, 6.45) is 2.31. The normalized spacial score (nSPS) is 13.5. The standard InChI is InChI=1S/C58H69IN10O18S3/c1-88-22-20-40(65-55(80)43(26-34-12-16-36(17-13-34)87-90(84,85)86)68-57(82)45(28-50(73)74)63-48(71)19-15-33-14-18-47(70)38(59)24-33)53(78)62-31-49(72)64-44(27-35-30-61-39-11-7-6-10-37(35)39)56(81)66-41(21-23-89-2)54(79)69-46(29-51(75)76)58(83)67-42(52(60)77)25-32-8-4-3-5-9-32/h3-14,16-18,24,30,40-46,61,70H,15,19-23,25-29,31H2,1-2H3,(H2,60,77)(H,62,78)(H,63,71)(H,64,72)(H,65,80)(H,66,81)(H,67,83)(H,68,82)(H,69,79)(H,73,74)(H,75,76)(H,84,85,86)/t40-,41-,42-,43-,44-,45-,46-/m0/s1/i59-2. The number of carbonyl (C=O) groups is 11. The van der Waals surface area contributed by atoms with E-state index in [4.69, 9.17) is 5.73 Å². The van der Waals surface area contributed by atoms with E-state index in [1.807, 2.05) is 22.6 Å². The SMILES string of the molecule is CSCC[C@H](NC(=O)[C@H](Cc1ccc(OS(=O)(=O)O)cc1)NC(=O)[C@H](CC(=O)O)NC(=O)CCc1ccc(O)c([125I])c1)C(=O)NCC(=O)N[C@@H](Cc1c[nH]c2ccccc12)C(=O)N[C@@H](CCSC)C(=O)N[C@@H](CC(=O)O)C(=O)N[C@@H](Cc1ccccc1)C(N)=O. The van der Waals surface area contributed by atoms with Crippen LogP contribution >= 0.6 is 46.1 Å². The lowest BCUT2D eigenvalue weighted by molar-refractivity contribution is -0.141. The highest BCUT2D eigenvalue weighted by Crippen LogP contribution is 2.22. The Kier molecular flexibility index (Phi) is 28.6. The summed E-state index contributed by atoms with van der Waals surface area (Å²) in [4.78, 5) is 151. The van der Waals surface area contributed by atoms with Crippen molar-refractivity contribution in [2.24, 2.45) is 5.73 Å². The van der Waals surface area contributed by atoms with Crippen LogP contribution < -0.4 is 52.5 Å². The highest BCUT2D eigenvalue weighted by molar-refractivity contribution is 14.1. The number of aromatic hydroxyl groups is 1. The molecule has 9 amide bonds. The zero-order valence-electron chi connectivity index (χ0n) is 48.5. The Labute approximate surface area is 539 Å². The van der Waals surface area contributed by atoms with Gasteiger partial charge in [0, 0.05) is 42.8 Å². The summed E-state index contributed by atoms with van der Waals surface area (Å²) in [6.45, 7) is -0.804. The third-order valence-electron chi connectivity index (χ3n) is 13.5. The average molecular weight is 1420 g/mol. The Bertz CT molecular complexity index is 3490. The van der Waals surface area contributed by atoms with Crippen molar-refractivity contribution in [3.05, 3.63) is 129 Å². The quantitative estimate of drug-likeness (QED) is 0.0193. The first kappa shape index (κ1) is 72.3. The van der Waals surface area contributed by atoms with Gasteiger partial charge in [0.15, 0.2) is 0 Å². The number of aromatic amines is 1. The maximum absolute atomic E-state index is 14.5. The molecule has 90 heavy (non-hydrogen) atoms. The molecule has 484 valence electrons. The first-order valence-corrected chi connectivity index (χ1v) is 32.9. The minimum atomic E-state index is -4.94. The number of halogens is 1. The van der Waals surface area contributed by atoms with E-state index in [1.165, 1.54) is 41.7 Å². The molecule has 0 radical (unpaired) electrons. The van der Waals surface area contributed by atoms with E-state index in [9.17, 15) is 81.0 Å². The van der Waals surface area contributed by atoms with Gasteiger partial charge in [-0.2, -0.15) is 31.9 Å². The number of carboxylic acid groups (broad SMARTS) is 2. The van der Waals surface area contributed by atoms with E-state index in [0.717, 1.165) is 12.1 Å². The molecule has 28 nitrogen and oxygen atoms in total. The van der Waals surface area contributed by atoms with Gasteiger partial charge in [0.2, 0.25) is 53.2 Å². The van der Waals surface area contributed by atoms with Crippen LogP contribution in [0.4, 0.5) is 0 Å². The van der Waals surface area contributed by atoms with Crippen molar-refractivity contribution in [1.29, 1.82) is 0 Å². The van der Waals surface area contributed by atoms with Gasteiger partial charge in [0.1, 0.15) is 53.8 Å². The number of aliphatic carboxylic acids is 2. The average Bonchev–Trinajstić information content (AvgIpc) is 1.88. The number of thioether (sulfide) groups is 2. The maximum Gasteiger partial charge on any atom is 0.446 e. The van der Waals surface area contributed by atoms with Gasteiger partial charge in [-0.1, -0.05) is 66.7 Å². The number of hydrogen-bond donors (Lipinski definition) is 14. The topological polar surface area (TPSA) is 450 Å². The van der Waals surface area contributed by atoms with Gasteiger partial charge in [-0.15, -0.1) is 0 Å². The summed E-state index contributed by atoms with van der Waals surface area (Å²) in [5, 5.41) is 50.0. The third-order valence-corrected chi connectivity index (χ3v) is 16.1. The molecule has 4 aromatic carbocycles. The van der Waals surface area contributed by atoms with Gasteiger partial charge in [0.25, 0.3) is 0 Å². The third kappa shape index (κ3) is 24.5. The van der Waals surface area contributed by atoms with Crippen molar-refractivity contribution in [2.75, 3.05) is 30.6 Å². The zero-order chi connectivity index (χ0) is 66.1. The number of nitrogens with one attached hydrogen (secondary N) is 9. The molecule has 5 rings (SSSR count). The van der Waals surface area contributed by atoms with Gasteiger partial charge in [-0.3, -0.25) is 57.3 Å². The van der Waals surface area contributed by atoms with Crippen LogP contribution in [-0.4, -0.2) is 171 Å². The molecule has 0 aliphatic carbocycles. The molecule has 7 atom stereocenters. The van der Waals surface area contributed by atoms with E-state index < -0.39 is 144 Å². The van der Waals surface area contributed by atoms with Crippen molar-refractivity contribution in [3.63, 3.8) is 0 Å². The highest BCUT2D eigenvalue weighted by atomic mass is 125. The minimum Gasteiger partial charge on any atom is -0.507 e. The molecule has 0 bridgehead atoms. The van der Waals surface area contributed by atoms with E-state index in [-0.39, 0.29) is 67.1 Å². The molecule has 15 N–H and O–H groups in total. The number of carbonyl (C=O) groups excluding carboxylic acids is 9. The van der Waals surface area contributed by atoms with Gasteiger partial charge in [-0.05, 0) is 118 Å². The van der Waals surface area contributed by atoms with Gasteiger partial charge in [-0.25, -0.2) is 0 Å². The molecule has 5 aromatic rings. The first-order valence-electron chi connectivity index (χ1n) is 27.6. The molecule has 0 unspecified atom stereocenters. The summed E-state index contributed by atoms with van der Waals surface area (Å²) in [5.41, 5.74) is 8.32. The molecular weight excluding hydrogens is 1350 g/mol. The number of para-hydroxylation sites is 1. The fourth-order valence-corrected chi connectivity index (χ4v) is 10.8. The van der Waals surface area contributed by atoms with E-state index in [0.29, 0.717) is 31.2 Å². The van der Waals surface area contributed by atoms with Crippen molar-refractivity contribution in [2.45, 2.75) is 100 Å². The number of amides is 9. The van der Waals surface area contributed by atoms with Crippen molar-refractivity contribution < 1.29 is 85.2 Å². The van der Waals surface area contributed by atoms with Crippen molar-refractivity contribution in [3.8, 4) is 11.5 Å². The van der Waals surface area contributed by atoms with Gasteiger partial charge in [0.05, 0.1) is 23.0 Å². The molecule has 32 heteroatoms. The van der Waals surface area contributed by atoms with Crippen LogP contribution in [0.1, 0.15) is 54.4 Å². The van der Waals surface area contributed by atoms with Crippen LogP contribution in [0.15, 0.2) is 103 Å². The molecule has 0 spiro atoms. The van der Waals surface area contributed by atoms with Crippen LogP contribution in [0.5, 0.6) is 11.5 Å². The van der Waals surface area contributed by atoms with Gasteiger partial charge >= 0.3 is 22.3 Å². The van der Waals surface area contributed by atoms with Crippen LogP contribution in [-0.2, 0) is 88.8 Å². The molecule has 0 fully saturated rings. The Hall–Kier alpha value is -8.47. The number of phenols is 1. The number of benzene rings is 4. The summed E-state index contributed by atoms with van der Waals surface area (Å²) in [5.74, 6) is -11.4. The number of phenolic OH excluding ortho intramolecular Hbond substituents is 1. The number of aryl methyl sites for hydroxylation is 1. The first-order chi connectivity index (χ1) is 42.7. The van der Waals surface area contributed by atoms with Crippen LogP contribution in [0.3, 0.4) is 0 Å². The van der Waals surface area contributed by atoms with Gasteiger partial charge < -0.3 is 72.8 Å². The number of aromatic nitrogens is 1. The number of carboxylic acids is 2. The summed E-state index contributed by atoms with van der Waals surface area (Å²) >= 11 is 4.48. The maximum atomic E-state index is 14.5. The molecule has 0 aliphatic heterocycles. The highest BCUT2D eigenvalue weighted by Gasteiger charge is 2.35. The molecule has 0 saturated heterocycles. The second-order valence-corrected chi connectivity index (χ2v) is 24.5. The number of H-pyrrole nitrogens is 1. The Morgan fingerprint density at radius 2 is 1.06 bits per heavy atom. The molecule has 0 aliphatic rings. The number of primary amides is 1. The smallest absolute Gasteiger partial charge is 0.446 e. The molecule has 1 heterocycles. The lowest BCUT2D eigenvalue weighted by Crippen LogP contribution is -2.59. The monoisotopic (exact) mass is 1410 g/mol. The van der Waals surface area contributed by atoms with Crippen molar-refractivity contribution >= 4 is 133 Å². The Morgan fingerprint density at radius 3 is 1.63 bits per heavy atom. The fraction of sp³-hybridized carbons (Fsp3) is 0.362. The summed E-state index contributed by atoms with van der Waals surface area (Å²) in [7, 11) is -4.94. The predicted octanol–water partition coefficient (Wildman–Crippen LogP) is 0.771. The number of hydrogen-bond acceptors (Lipinski definition) is 17. The minimum absolute atomic E-state index is 0.0195. The second-order valence-electron chi connectivity index (χ2n) is 20.3. The number of fused-ring (bicyclic) bond motifs is 1. The molecule has 1 aromatic heterocycles.